The summed E-state index contributed by atoms with van der Waals surface area (Å²) in [4.78, 5) is 0. The highest BCUT2D eigenvalue weighted by Gasteiger charge is 2.48. The van der Waals surface area contributed by atoms with E-state index in [2.05, 4.69) is 72.8 Å². The molecule has 5 nitrogen and oxygen atoms in total. The van der Waals surface area contributed by atoms with Crippen LogP contribution in [-0.4, -0.2) is 37.1 Å². The molecule has 0 aromatic heterocycles. The molecule has 1 aliphatic rings. The minimum absolute atomic E-state index is 0.284. The van der Waals surface area contributed by atoms with Gasteiger partial charge in [-0.15, -0.1) is 0 Å². The molecule has 0 saturated carbocycles. The quantitative estimate of drug-likeness (QED) is 0.120. The van der Waals surface area contributed by atoms with Gasteiger partial charge in [0.1, 0.15) is 24.4 Å². The van der Waals surface area contributed by atoms with Gasteiger partial charge in [0.2, 0.25) is 0 Å². The molecule has 0 bridgehead atoms. The Morgan fingerprint density at radius 2 is 0.717 bits per heavy atom. The predicted octanol–water partition coefficient (Wildman–Crippen LogP) is 7.97. The number of ether oxygens (including phenoxy) is 5. The van der Waals surface area contributed by atoms with Crippen molar-refractivity contribution in [2.45, 2.75) is 63.4 Å². The molecule has 0 N–H and O–H groups in total. The number of hydrogen-bond donors (Lipinski definition) is 0. The molecule has 1 heterocycles. The van der Waals surface area contributed by atoms with E-state index < -0.39 is 18.3 Å². The second kappa shape index (κ2) is 17.0. The maximum atomic E-state index is 6.96. The Hall–Kier alpha value is -4.10. The molecule has 0 amide bonds. The minimum atomic E-state index is -0.438. The van der Waals surface area contributed by atoms with Gasteiger partial charge >= 0.3 is 0 Å². The van der Waals surface area contributed by atoms with Crippen LogP contribution in [0.3, 0.4) is 0 Å². The van der Waals surface area contributed by atoms with Crippen molar-refractivity contribution in [3.05, 3.63) is 179 Å². The van der Waals surface area contributed by atoms with Gasteiger partial charge in [-0.1, -0.05) is 152 Å². The topological polar surface area (TPSA) is 46.2 Å². The molecule has 0 radical (unpaired) electrons. The third-order valence-corrected chi connectivity index (χ3v) is 8.26. The average molecular weight is 615 g/mol. The van der Waals surface area contributed by atoms with Crippen LogP contribution < -0.4 is 0 Å². The van der Waals surface area contributed by atoms with Crippen LogP contribution in [0.2, 0.25) is 0 Å². The lowest BCUT2D eigenvalue weighted by Crippen LogP contribution is -2.61. The zero-order valence-corrected chi connectivity index (χ0v) is 26.1. The summed E-state index contributed by atoms with van der Waals surface area (Å²) >= 11 is 0. The fraction of sp³-hybridized carbons (Fsp3) is 0.268. The minimum Gasteiger partial charge on any atom is -0.374 e. The van der Waals surface area contributed by atoms with E-state index in [0.29, 0.717) is 39.5 Å². The zero-order valence-electron chi connectivity index (χ0n) is 26.1. The van der Waals surface area contributed by atoms with Gasteiger partial charge in [-0.2, -0.15) is 0 Å². The summed E-state index contributed by atoms with van der Waals surface area (Å²) in [6, 6.07) is 51.4. The molecule has 0 aliphatic carbocycles. The average Bonchev–Trinajstić information content (AvgIpc) is 3.12. The Morgan fingerprint density at radius 3 is 1.15 bits per heavy atom. The number of benzene rings is 5. The number of hydrogen-bond acceptors (Lipinski definition) is 5. The summed E-state index contributed by atoms with van der Waals surface area (Å²) in [5.41, 5.74) is 5.56. The summed E-state index contributed by atoms with van der Waals surface area (Å²) in [5.74, 6) is 0. The summed E-state index contributed by atoms with van der Waals surface area (Å²) in [6.45, 7) is 2.13. The first-order valence-corrected chi connectivity index (χ1v) is 16.1. The van der Waals surface area contributed by atoms with E-state index in [-0.39, 0.29) is 12.2 Å². The van der Waals surface area contributed by atoms with Crippen LogP contribution in [0.1, 0.15) is 27.8 Å². The molecule has 5 aromatic rings. The van der Waals surface area contributed by atoms with Gasteiger partial charge in [-0.3, -0.25) is 0 Å². The predicted molar refractivity (Wildman–Crippen MR) is 180 cm³/mol. The molecule has 1 aliphatic heterocycles. The first-order chi connectivity index (χ1) is 22.8. The zero-order chi connectivity index (χ0) is 31.2. The highest BCUT2D eigenvalue weighted by atomic mass is 16.6. The Bertz CT molecular complexity index is 1530. The Morgan fingerprint density at radius 1 is 0.370 bits per heavy atom. The summed E-state index contributed by atoms with van der Waals surface area (Å²) in [6.07, 6.45) is -1.23. The van der Waals surface area contributed by atoms with E-state index in [4.69, 9.17) is 23.7 Å². The lowest BCUT2D eigenvalue weighted by molar-refractivity contribution is -0.272. The van der Waals surface area contributed by atoms with Crippen LogP contribution in [0.15, 0.2) is 152 Å². The van der Waals surface area contributed by atoms with Crippen molar-refractivity contribution in [3.8, 4) is 0 Å². The van der Waals surface area contributed by atoms with Crippen molar-refractivity contribution in [2.75, 3.05) is 6.61 Å². The summed E-state index contributed by atoms with van der Waals surface area (Å²) in [7, 11) is 0. The van der Waals surface area contributed by atoms with Crippen molar-refractivity contribution in [1.82, 2.24) is 0 Å². The summed E-state index contributed by atoms with van der Waals surface area (Å²) < 4.78 is 33.7. The lowest BCUT2D eigenvalue weighted by Gasteiger charge is -2.46. The van der Waals surface area contributed by atoms with Crippen LogP contribution in [-0.2, 0) is 56.5 Å². The standard InChI is InChI=1S/C41H42O5/c1-6-16-32(17-7-1)26-37-39(43-28-34-20-10-3-11-21-34)41(45-30-36-24-14-5-15-25-36)40(44-29-35-22-12-4-13-23-35)38(46-37)31-42-27-33-18-8-2-9-19-33/h1-25,37-41H,26-31H2/t37-,38+,39+,40+,41+/m0/s1. The van der Waals surface area contributed by atoms with Crippen LogP contribution >= 0.6 is 0 Å². The smallest absolute Gasteiger partial charge is 0.115 e. The van der Waals surface area contributed by atoms with Gasteiger partial charge in [0.15, 0.2) is 0 Å². The normalized spacial score (nSPS) is 21.2. The highest BCUT2D eigenvalue weighted by Crippen LogP contribution is 2.32. The number of rotatable bonds is 15. The fourth-order valence-electron chi connectivity index (χ4n) is 5.90. The van der Waals surface area contributed by atoms with E-state index in [1.54, 1.807) is 0 Å². The van der Waals surface area contributed by atoms with Gasteiger partial charge in [-0.25, -0.2) is 0 Å². The molecule has 5 heteroatoms. The second-order valence-electron chi connectivity index (χ2n) is 11.7. The third kappa shape index (κ3) is 9.23. The maximum absolute atomic E-state index is 6.96. The fourth-order valence-corrected chi connectivity index (χ4v) is 5.90. The molecule has 0 unspecified atom stereocenters. The Labute approximate surface area is 272 Å². The molecule has 1 fully saturated rings. The van der Waals surface area contributed by atoms with Crippen molar-refractivity contribution in [2.24, 2.45) is 0 Å². The van der Waals surface area contributed by atoms with Crippen molar-refractivity contribution < 1.29 is 23.7 Å². The van der Waals surface area contributed by atoms with Crippen molar-refractivity contribution in [3.63, 3.8) is 0 Å². The van der Waals surface area contributed by atoms with Crippen molar-refractivity contribution in [1.29, 1.82) is 0 Å². The third-order valence-electron chi connectivity index (χ3n) is 8.26. The van der Waals surface area contributed by atoms with Gasteiger partial charge < -0.3 is 23.7 Å². The van der Waals surface area contributed by atoms with E-state index >= 15 is 0 Å². The van der Waals surface area contributed by atoms with Gasteiger partial charge in [0.25, 0.3) is 0 Å². The molecular weight excluding hydrogens is 572 g/mol. The molecule has 5 atom stereocenters. The molecule has 0 spiro atoms. The largest absolute Gasteiger partial charge is 0.374 e. The van der Waals surface area contributed by atoms with Crippen LogP contribution in [0.5, 0.6) is 0 Å². The van der Waals surface area contributed by atoms with E-state index in [1.165, 1.54) is 5.56 Å². The second-order valence-corrected chi connectivity index (χ2v) is 11.7. The van der Waals surface area contributed by atoms with Gasteiger partial charge in [0, 0.05) is 6.42 Å². The molecule has 1 saturated heterocycles. The highest BCUT2D eigenvalue weighted by molar-refractivity contribution is 5.19. The van der Waals surface area contributed by atoms with Gasteiger partial charge in [0.05, 0.1) is 39.1 Å². The Balaban J connectivity index is 1.31. The SMILES string of the molecule is c1ccc(COC[C@H]2O[C@@H](Cc3ccccc3)[C@@H](OCc3ccccc3)[C@@H](OCc3ccccc3)[C@@H]2OCc2ccccc2)cc1. The molecular formula is C41H42O5. The first-order valence-electron chi connectivity index (χ1n) is 16.1. The molecule has 6 rings (SSSR count). The van der Waals surface area contributed by atoms with Crippen LogP contribution in [0.4, 0.5) is 0 Å². The lowest BCUT2D eigenvalue weighted by atomic mass is 9.90. The maximum Gasteiger partial charge on any atom is 0.115 e. The van der Waals surface area contributed by atoms with Gasteiger partial charge in [-0.05, 0) is 27.8 Å². The molecule has 46 heavy (non-hydrogen) atoms. The van der Waals surface area contributed by atoms with E-state index in [1.807, 2.05) is 78.9 Å². The monoisotopic (exact) mass is 614 g/mol. The molecule has 5 aromatic carbocycles. The Kier molecular flexibility index (Phi) is 11.8. The molecule has 236 valence electrons. The van der Waals surface area contributed by atoms with Crippen LogP contribution in [0, 0.1) is 0 Å². The van der Waals surface area contributed by atoms with Crippen molar-refractivity contribution >= 4 is 0 Å². The summed E-state index contributed by atoms with van der Waals surface area (Å²) in [5, 5.41) is 0. The van der Waals surface area contributed by atoms with Crippen LogP contribution in [0.25, 0.3) is 0 Å². The van der Waals surface area contributed by atoms with E-state index in [0.717, 1.165) is 22.3 Å². The van der Waals surface area contributed by atoms with E-state index in [9.17, 15) is 0 Å². The first kappa shape index (κ1) is 31.9.